The first kappa shape index (κ1) is 15.9. The van der Waals surface area contributed by atoms with Crippen LogP contribution < -0.4 is 5.32 Å². The fourth-order valence-electron chi connectivity index (χ4n) is 1.73. The van der Waals surface area contributed by atoms with Crippen LogP contribution in [0.25, 0.3) is 0 Å². The molecule has 2 rings (SSSR count). The van der Waals surface area contributed by atoms with Gasteiger partial charge in [0.05, 0.1) is 4.90 Å². The summed E-state index contributed by atoms with van der Waals surface area (Å²) < 4.78 is 40.7. The second-order valence-corrected chi connectivity index (χ2v) is 6.06. The molecule has 0 bridgehead atoms. The summed E-state index contributed by atoms with van der Waals surface area (Å²) in [6.07, 6.45) is 0. The average Bonchev–Trinajstić information content (AvgIpc) is 2.43. The van der Waals surface area contributed by atoms with Crippen molar-refractivity contribution in [1.82, 2.24) is 5.32 Å². The van der Waals surface area contributed by atoms with E-state index >= 15 is 0 Å². The van der Waals surface area contributed by atoms with Crippen LogP contribution in [0.4, 0.5) is 13.2 Å². The summed E-state index contributed by atoms with van der Waals surface area (Å²) in [7, 11) is 0. The van der Waals surface area contributed by atoms with Crippen molar-refractivity contribution in [2.75, 3.05) is 0 Å². The van der Waals surface area contributed by atoms with Gasteiger partial charge in [-0.15, -0.1) is 0 Å². The predicted octanol–water partition coefficient (Wildman–Crippen LogP) is 4.75. The van der Waals surface area contributed by atoms with Gasteiger partial charge in [-0.05, 0) is 35.9 Å². The first-order valence-electron chi connectivity index (χ1n) is 6.60. The molecule has 0 spiro atoms. The Morgan fingerprint density at radius 2 is 1.71 bits per heavy atom. The van der Waals surface area contributed by atoms with E-state index in [0.717, 1.165) is 35.5 Å². The SMILES string of the molecule is CC(C)NCc1ccc(Sc2cc(F)ccc2F)c(F)c1. The number of halogens is 3. The van der Waals surface area contributed by atoms with Crippen molar-refractivity contribution in [2.24, 2.45) is 0 Å². The Bertz CT molecular complexity index is 629. The minimum absolute atomic E-state index is 0.0713. The van der Waals surface area contributed by atoms with Gasteiger partial charge < -0.3 is 5.32 Å². The van der Waals surface area contributed by atoms with Crippen LogP contribution in [0.2, 0.25) is 0 Å². The van der Waals surface area contributed by atoms with Crippen LogP contribution in [-0.2, 0) is 6.54 Å². The fourth-order valence-corrected chi connectivity index (χ4v) is 2.60. The Kier molecular flexibility index (Phi) is 5.31. The van der Waals surface area contributed by atoms with Crippen molar-refractivity contribution >= 4 is 11.8 Å². The predicted molar refractivity (Wildman–Crippen MR) is 78.9 cm³/mol. The minimum atomic E-state index is -0.564. The standard InChI is InChI=1S/C16H16F3NS/c1-10(2)20-9-11-3-6-15(14(19)7-11)21-16-8-12(17)4-5-13(16)18/h3-8,10,20H,9H2,1-2H3. The second-order valence-electron chi connectivity index (χ2n) is 4.98. The molecule has 21 heavy (non-hydrogen) atoms. The van der Waals surface area contributed by atoms with Gasteiger partial charge in [0.15, 0.2) is 0 Å². The van der Waals surface area contributed by atoms with Crippen molar-refractivity contribution < 1.29 is 13.2 Å². The lowest BCUT2D eigenvalue weighted by atomic mass is 10.2. The van der Waals surface area contributed by atoms with E-state index in [2.05, 4.69) is 5.32 Å². The summed E-state index contributed by atoms with van der Waals surface area (Å²) in [5.74, 6) is -1.55. The van der Waals surface area contributed by atoms with Crippen LogP contribution in [0.3, 0.4) is 0 Å². The number of hydrogen-bond donors (Lipinski definition) is 1. The van der Waals surface area contributed by atoms with E-state index < -0.39 is 17.5 Å². The molecular formula is C16H16F3NS. The van der Waals surface area contributed by atoms with Crippen molar-refractivity contribution in [3.05, 3.63) is 59.4 Å². The molecule has 5 heteroatoms. The first-order valence-corrected chi connectivity index (χ1v) is 7.42. The molecular weight excluding hydrogens is 295 g/mol. The van der Waals surface area contributed by atoms with Gasteiger partial charge in [-0.3, -0.25) is 0 Å². The molecule has 0 saturated heterocycles. The van der Waals surface area contributed by atoms with E-state index in [-0.39, 0.29) is 9.79 Å². The number of rotatable bonds is 5. The molecule has 1 N–H and O–H groups in total. The van der Waals surface area contributed by atoms with Crippen LogP contribution >= 0.6 is 11.8 Å². The zero-order chi connectivity index (χ0) is 15.4. The van der Waals surface area contributed by atoms with E-state index in [9.17, 15) is 13.2 Å². The number of nitrogens with one attached hydrogen (secondary N) is 1. The summed E-state index contributed by atoms with van der Waals surface area (Å²) in [5.41, 5.74) is 0.810. The number of benzene rings is 2. The first-order chi connectivity index (χ1) is 9.95. The Labute approximate surface area is 126 Å². The van der Waals surface area contributed by atoms with Gasteiger partial charge >= 0.3 is 0 Å². The van der Waals surface area contributed by atoms with Crippen LogP contribution in [0.15, 0.2) is 46.2 Å². The quantitative estimate of drug-likeness (QED) is 0.855. The van der Waals surface area contributed by atoms with E-state index in [1.165, 1.54) is 6.07 Å². The molecule has 0 aromatic heterocycles. The average molecular weight is 311 g/mol. The third-order valence-electron chi connectivity index (χ3n) is 2.82. The van der Waals surface area contributed by atoms with Gasteiger partial charge in [0.1, 0.15) is 17.5 Å². The molecule has 2 aromatic rings. The highest BCUT2D eigenvalue weighted by Crippen LogP contribution is 2.32. The van der Waals surface area contributed by atoms with Gasteiger partial charge in [0.25, 0.3) is 0 Å². The fraction of sp³-hybridized carbons (Fsp3) is 0.250. The molecule has 0 atom stereocenters. The highest BCUT2D eigenvalue weighted by Gasteiger charge is 2.10. The molecule has 0 aliphatic heterocycles. The molecule has 0 unspecified atom stereocenters. The largest absolute Gasteiger partial charge is 0.310 e. The Morgan fingerprint density at radius 3 is 2.38 bits per heavy atom. The van der Waals surface area contributed by atoms with Crippen LogP contribution in [0.1, 0.15) is 19.4 Å². The summed E-state index contributed by atoms with van der Waals surface area (Å²) >= 11 is 0.878. The smallest absolute Gasteiger partial charge is 0.137 e. The monoisotopic (exact) mass is 311 g/mol. The van der Waals surface area contributed by atoms with Gasteiger partial charge in [-0.25, -0.2) is 13.2 Å². The summed E-state index contributed by atoms with van der Waals surface area (Å²) in [4.78, 5) is 0.342. The van der Waals surface area contributed by atoms with Gasteiger partial charge in [-0.1, -0.05) is 31.7 Å². The van der Waals surface area contributed by atoms with Crippen molar-refractivity contribution in [2.45, 2.75) is 36.2 Å². The van der Waals surface area contributed by atoms with E-state index in [4.69, 9.17) is 0 Å². The summed E-state index contributed by atoms with van der Waals surface area (Å²) in [6, 6.07) is 8.22. The van der Waals surface area contributed by atoms with E-state index in [0.29, 0.717) is 12.6 Å². The Hall–Kier alpha value is -1.46. The molecule has 112 valence electrons. The zero-order valence-electron chi connectivity index (χ0n) is 11.8. The van der Waals surface area contributed by atoms with E-state index in [1.54, 1.807) is 12.1 Å². The third kappa shape index (κ3) is 4.51. The van der Waals surface area contributed by atoms with Crippen molar-refractivity contribution in [3.63, 3.8) is 0 Å². The molecule has 0 aliphatic rings. The topological polar surface area (TPSA) is 12.0 Å². The molecule has 1 nitrogen and oxygen atoms in total. The molecule has 2 aromatic carbocycles. The molecule has 0 fully saturated rings. The minimum Gasteiger partial charge on any atom is -0.310 e. The molecule has 0 heterocycles. The lowest BCUT2D eigenvalue weighted by Crippen LogP contribution is -2.21. The molecule has 0 amide bonds. The lowest BCUT2D eigenvalue weighted by molar-refractivity contribution is 0.571. The summed E-state index contributed by atoms with van der Waals surface area (Å²) in [6.45, 7) is 4.58. The number of hydrogen-bond acceptors (Lipinski definition) is 2. The van der Waals surface area contributed by atoms with Crippen LogP contribution in [0.5, 0.6) is 0 Å². The van der Waals surface area contributed by atoms with Gasteiger partial charge in [0.2, 0.25) is 0 Å². The van der Waals surface area contributed by atoms with Crippen LogP contribution in [0, 0.1) is 17.5 Å². The second kappa shape index (κ2) is 7.00. The van der Waals surface area contributed by atoms with Crippen molar-refractivity contribution in [1.29, 1.82) is 0 Å². The van der Waals surface area contributed by atoms with E-state index in [1.807, 2.05) is 13.8 Å². The van der Waals surface area contributed by atoms with Gasteiger partial charge in [0, 0.05) is 17.5 Å². The maximum absolute atomic E-state index is 14.0. The molecule has 0 aliphatic carbocycles. The Morgan fingerprint density at radius 1 is 0.952 bits per heavy atom. The van der Waals surface area contributed by atoms with Crippen LogP contribution in [-0.4, -0.2) is 6.04 Å². The lowest BCUT2D eigenvalue weighted by Gasteiger charge is -2.10. The van der Waals surface area contributed by atoms with Crippen molar-refractivity contribution in [3.8, 4) is 0 Å². The third-order valence-corrected chi connectivity index (χ3v) is 3.91. The zero-order valence-corrected chi connectivity index (χ0v) is 12.6. The van der Waals surface area contributed by atoms with Gasteiger partial charge in [-0.2, -0.15) is 0 Å². The highest BCUT2D eigenvalue weighted by molar-refractivity contribution is 7.99. The summed E-state index contributed by atoms with van der Waals surface area (Å²) in [5, 5.41) is 3.19. The maximum Gasteiger partial charge on any atom is 0.137 e. The maximum atomic E-state index is 14.0. The normalized spacial score (nSPS) is 11.1. The molecule has 0 saturated carbocycles. The highest BCUT2D eigenvalue weighted by atomic mass is 32.2. The molecule has 0 radical (unpaired) electrons. The Balaban J connectivity index is 2.15.